The van der Waals surface area contributed by atoms with Crippen molar-refractivity contribution in [3.8, 4) is 0 Å². The van der Waals surface area contributed by atoms with Gasteiger partial charge in [-0.05, 0) is 43.5 Å². The molecule has 146 valence electrons. The summed E-state index contributed by atoms with van der Waals surface area (Å²) in [6.07, 6.45) is 2.02. The van der Waals surface area contributed by atoms with Gasteiger partial charge in [0.05, 0.1) is 12.5 Å². The van der Waals surface area contributed by atoms with Crippen LogP contribution in [0, 0.1) is 5.92 Å². The summed E-state index contributed by atoms with van der Waals surface area (Å²) >= 11 is 0. The number of carboxylic acid groups (broad SMARTS) is 1. The molecule has 1 aliphatic rings. The van der Waals surface area contributed by atoms with Crippen LogP contribution in [0.3, 0.4) is 0 Å². The molecule has 8 heteroatoms. The average Bonchev–Trinajstić information content (AvgIpc) is 2.67. The van der Waals surface area contributed by atoms with Gasteiger partial charge >= 0.3 is 5.97 Å². The summed E-state index contributed by atoms with van der Waals surface area (Å²) < 4.78 is 0. The predicted molar refractivity (Wildman–Crippen MR) is 99.3 cm³/mol. The van der Waals surface area contributed by atoms with E-state index in [-0.39, 0.29) is 30.2 Å². The van der Waals surface area contributed by atoms with Crippen LogP contribution in [-0.2, 0) is 14.4 Å². The van der Waals surface area contributed by atoms with Crippen LogP contribution in [0.4, 0.5) is 5.69 Å². The number of anilines is 1. The second kappa shape index (κ2) is 9.70. The fourth-order valence-electron chi connectivity index (χ4n) is 2.91. The Labute approximate surface area is 157 Å². The molecule has 1 heterocycles. The highest BCUT2D eigenvalue weighted by Gasteiger charge is 2.27. The third-order valence-electron chi connectivity index (χ3n) is 4.47. The molecule has 0 aromatic heterocycles. The SMILES string of the molecule is CCCC(=O)NCC(=O)Nc1ccc(C(=O)N2CCC(C(=O)O)CC2)cc1. The lowest BCUT2D eigenvalue weighted by Crippen LogP contribution is -2.40. The third kappa shape index (κ3) is 6.09. The number of amides is 3. The van der Waals surface area contributed by atoms with Crippen LogP contribution in [0.1, 0.15) is 43.0 Å². The van der Waals surface area contributed by atoms with Gasteiger partial charge in [-0.3, -0.25) is 19.2 Å². The van der Waals surface area contributed by atoms with Crippen LogP contribution in [0.15, 0.2) is 24.3 Å². The fraction of sp³-hybridized carbons (Fsp3) is 0.474. The van der Waals surface area contributed by atoms with Gasteiger partial charge in [-0.15, -0.1) is 0 Å². The monoisotopic (exact) mass is 375 g/mol. The molecule has 3 amide bonds. The number of nitrogens with one attached hydrogen (secondary N) is 2. The molecule has 0 bridgehead atoms. The number of carbonyl (C=O) groups is 4. The Balaban J connectivity index is 1.84. The van der Waals surface area contributed by atoms with Crippen molar-refractivity contribution < 1.29 is 24.3 Å². The first-order valence-electron chi connectivity index (χ1n) is 9.09. The van der Waals surface area contributed by atoms with Gasteiger partial charge in [0, 0.05) is 30.8 Å². The number of carbonyl (C=O) groups excluding carboxylic acids is 3. The zero-order chi connectivity index (χ0) is 19.8. The quantitative estimate of drug-likeness (QED) is 0.667. The van der Waals surface area contributed by atoms with Crippen LogP contribution in [0.2, 0.25) is 0 Å². The average molecular weight is 375 g/mol. The molecule has 0 unspecified atom stereocenters. The van der Waals surface area contributed by atoms with E-state index in [4.69, 9.17) is 5.11 Å². The smallest absolute Gasteiger partial charge is 0.306 e. The maximum absolute atomic E-state index is 12.5. The zero-order valence-electron chi connectivity index (χ0n) is 15.4. The van der Waals surface area contributed by atoms with Crippen molar-refractivity contribution in [3.63, 3.8) is 0 Å². The number of piperidine rings is 1. The van der Waals surface area contributed by atoms with E-state index in [0.29, 0.717) is 43.6 Å². The van der Waals surface area contributed by atoms with Crippen molar-refractivity contribution in [3.05, 3.63) is 29.8 Å². The van der Waals surface area contributed by atoms with Crippen LogP contribution >= 0.6 is 0 Å². The van der Waals surface area contributed by atoms with E-state index < -0.39 is 5.97 Å². The molecule has 1 aromatic rings. The minimum Gasteiger partial charge on any atom is -0.481 e. The number of aliphatic carboxylic acids is 1. The summed E-state index contributed by atoms with van der Waals surface area (Å²) in [5.74, 6) is -1.85. The number of rotatable bonds is 7. The maximum atomic E-state index is 12.5. The summed E-state index contributed by atoms with van der Waals surface area (Å²) in [7, 11) is 0. The largest absolute Gasteiger partial charge is 0.481 e. The Morgan fingerprint density at radius 2 is 1.70 bits per heavy atom. The minimum atomic E-state index is -0.812. The zero-order valence-corrected chi connectivity index (χ0v) is 15.4. The van der Waals surface area contributed by atoms with E-state index in [9.17, 15) is 19.2 Å². The maximum Gasteiger partial charge on any atom is 0.306 e. The van der Waals surface area contributed by atoms with Gasteiger partial charge in [0.1, 0.15) is 0 Å². The molecular weight excluding hydrogens is 350 g/mol. The number of carboxylic acids is 1. The molecule has 1 saturated heterocycles. The van der Waals surface area contributed by atoms with Crippen LogP contribution < -0.4 is 10.6 Å². The van der Waals surface area contributed by atoms with Crippen LogP contribution in [0.5, 0.6) is 0 Å². The Kier molecular flexibility index (Phi) is 7.34. The molecular formula is C19H25N3O5. The standard InChI is InChI=1S/C19H25N3O5/c1-2-3-16(23)20-12-17(24)21-15-6-4-13(5-7-15)18(25)22-10-8-14(9-11-22)19(26)27/h4-7,14H,2-3,8-12H2,1H3,(H,20,23)(H,21,24)(H,26,27). The van der Waals surface area contributed by atoms with Crippen molar-refractivity contribution in [1.29, 1.82) is 0 Å². The molecule has 1 aliphatic heterocycles. The molecule has 0 aliphatic carbocycles. The second-order valence-corrected chi connectivity index (χ2v) is 6.56. The van der Waals surface area contributed by atoms with Gasteiger partial charge in [0.15, 0.2) is 0 Å². The van der Waals surface area contributed by atoms with E-state index in [1.54, 1.807) is 29.2 Å². The van der Waals surface area contributed by atoms with Crippen LogP contribution in [-0.4, -0.2) is 53.3 Å². The molecule has 1 fully saturated rings. The summed E-state index contributed by atoms with van der Waals surface area (Å²) in [6.45, 7) is 2.63. The van der Waals surface area contributed by atoms with Gasteiger partial charge in [-0.25, -0.2) is 0 Å². The molecule has 27 heavy (non-hydrogen) atoms. The lowest BCUT2D eigenvalue weighted by molar-refractivity contribution is -0.143. The number of hydrogen-bond acceptors (Lipinski definition) is 4. The highest BCUT2D eigenvalue weighted by atomic mass is 16.4. The minimum absolute atomic E-state index is 0.0992. The van der Waals surface area contributed by atoms with E-state index in [0.717, 1.165) is 6.42 Å². The third-order valence-corrected chi connectivity index (χ3v) is 4.47. The van der Waals surface area contributed by atoms with Gasteiger partial charge < -0.3 is 20.6 Å². The molecule has 8 nitrogen and oxygen atoms in total. The molecule has 0 saturated carbocycles. The molecule has 2 rings (SSSR count). The van der Waals surface area contributed by atoms with Gasteiger partial charge in [0.2, 0.25) is 11.8 Å². The molecule has 0 atom stereocenters. The van der Waals surface area contributed by atoms with Crippen LogP contribution in [0.25, 0.3) is 0 Å². The Hall–Kier alpha value is -2.90. The number of benzene rings is 1. The summed E-state index contributed by atoms with van der Waals surface area (Å²) in [5.41, 5.74) is 1.02. The van der Waals surface area contributed by atoms with E-state index in [1.807, 2.05) is 6.92 Å². The number of nitrogens with zero attached hydrogens (tertiary/aromatic N) is 1. The second-order valence-electron chi connectivity index (χ2n) is 6.56. The molecule has 0 spiro atoms. The first kappa shape index (κ1) is 20.4. The van der Waals surface area contributed by atoms with Crippen molar-refractivity contribution in [2.75, 3.05) is 25.0 Å². The van der Waals surface area contributed by atoms with Crippen molar-refractivity contribution in [1.82, 2.24) is 10.2 Å². The lowest BCUT2D eigenvalue weighted by atomic mass is 9.96. The molecule has 0 radical (unpaired) electrons. The Morgan fingerprint density at radius 3 is 2.26 bits per heavy atom. The normalized spacial score (nSPS) is 14.5. The van der Waals surface area contributed by atoms with Gasteiger partial charge in [-0.1, -0.05) is 6.92 Å². The first-order chi connectivity index (χ1) is 12.9. The van der Waals surface area contributed by atoms with Gasteiger partial charge in [-0.2, -0.15) is 0 Å². The lowest BCUT2D eigenvalue weighted by Gasteiger charge is -2.30. The molecule has 3 N–H and O–H groups in total. The highest BCUT2D eigenvalue weighted by molar-refractivity contribution is 5.97. The topological polar surface area (TPSA) is 116 Å². The highest BCUT2D eigenvalue weighted by Crippen LogP contribution is 2.20. The summed E-state index contributed by atoms with van der Waals surface area (Å²) in [5, 5.41) is 14.2. The molecule has 1 aromatic carbocycles. The van der Waals surface area contributed by atoms with Gasteiger partial charge in [0.25, 0.3) is 5.91 Å². The number of hydrogen-bond donors (Lipinski definition) is 3. The van der Waals surface area contributed by atoms with E-state index >= 15 is 0 Å². The number of likely N-dealkylation sites (tertiary alicyclic amines) is 1. The van der Waals surface area contributed by atoms with Crippen molar-refractivity contribution in [2.45, 2.75) is 32.6 Å². The Bertz CT molecular complexity index is 694. The van der Waals surface area contributed by atoms with Crippen molar-refractivity contribution >= 4 is 29.4 Å². The Morgan fingerprint density at radius 1 is 1.07 bits per heavy atom. The summed E-state index contributed by atoms with van der Waals surface area (Å²) in [6, 6.07) is 6.50. The first-order valence-corrected chi connectivity index (χ1v) is 9.09. The summed E-state index contributed by atoms with van der Waals surface area (Å²) in [4.78, 5) is 48.3. The fourth-order valence-corrected chi connectivity index (χ4v) is 2.91. The predicted octanol–water partition coefficient (Wildman–Crippen LogP) is 1.48. The van der Waals surface area contributed by atoms with E-state index in [1.165, 1.54) is 0 Å². The van der Waals surface area contributed by atoms with Crippen molar-refractivity contribution in [2.24, 2.45) is 5.92 Å². The van der Waals surface area contributed by atoms with E-state index in [2.05, 4.69) is 10.6 Å².